The molecule has 0 spiro atoms. The van der Waals surface area contributed by atoms with Crippen LogP contribution < -0.4 is 23.7 Å². The lowest BCUT2D eigenvalue weighted by Gasteiger charge is -2.50. The Labute approximate surface area is 232 Å². The molecule has 7 heteroatoms. The molecule has 0 saturated carbocycles. The number of phenols is 1. The van der Waals surface area contributed by atoms with Gasteiger partial charge in [-0.15, -0.1) is 0 Å². The predicted octanol–water partition coefficient (Wildman–Crippen LogP) is 5.91. The van der Waals surface area contributed by atoms with Gasteiger partial charge in [0.15, 0.2) is 0 Å². The van der Waals surface area contributed by atoms with Crippen molar-refractivity contribution in [3.05, 3.63) is 106 Å². The van der Waals surface area contributed by atoms with Crippen LogP contribution in [0.15, 0.2) is 72.8 Å². The summed E-state index contributed by atoms with van der Waals surface area (Å²) in [5.41, 5.74) is 4.55. The Bertz CT molecular complexity index is 1600. The van der Waals surface area contributed by atoms with Crippen molar-refractivity contribution in [1.29, 1.82) is 0 Å². The van der Waals surface area contributed by atoms with Gasteiger partial charge in [-0.2, -0.15) is 0 Å². The van der Waals surface area contributed by atoms with Gasteiger partial charge in [-0.1, -0.05) is 60.7 Å². The van der Waals surface area contributed by atoms with Crippen LogP contribution in [0.5, 0.6) is 34.5 Å². The second-order valence-electron chi connectivity index (χ2n) is 10.5. The maximum atomic E-state index is 12.2. The molecular weight excluding hydrogens is 508 g/mol. The summed E-state index contributed by atoms with van der Waals surface area (Å²) in [6.45, 7) is 1.78. The third-order valence-electron chi connectivity index (χ3n) is 8.38. The van der Waals surface area contributed by atoms with Crippen LogP contribution in [0.2, 0.25) is 0 Å². The number of methoxy groups -OCH3 is 2. The summed E-state index contributed by atoms with van der Waals surface area (Å²) in [6, 6.07) is 22.9. The Balaban J connectivity index is 1.52. The maximum absolute atomic E-state index is 12.2. The number of aliphatic hydroxyl groups excluding tert-OH is 1. The van der Waals surface area contributed by atoms with Crippen molar-refractivity contribution in [2.45, 2.75) is 43.7 Å². The number of fused-ring (bicyclic) bond motifs is 8. The molecule has 4 atom stereocenters. The van der Waals surface area contributed by atoms with Crippen molar-refractivity contribution in [2.24, 2.45) is 0 Å². The van der Waals surface area contributed by atoms with Gasteiger partial charge in [0.1, 0.15) is 46.7 Å². The molecule has 3 heterocycles. The van der Waals surface area contributed by atoms with Crippen LogP contribution in [0, 0.1) is 6.92 Å². The van der Waals surface area contributed by atoms with E-state index in [0.29, 0.717) is 51.0 Å². The first-order valence-electron chi connectivity index (χ1n) is 13.4. The van der Waals surface area contributed by atoms with E-state index in [9.17, 15) is 10.2 Å². The molecule has 7 nitrogen and oxygen atoms in total. The fourth-order valence-corrected chi connectivity index (χ4v) is 6.47. The van der Waals surface area contributed by atoms with Gasteiger partial charge >= 0.3 is 5.79 Å². The van der Waals surface area contributed by atoms with Gasteiger partial charge in [0.05, 0.1) is 20.1 Å². The highest BCUT2D eigenvalue weighted by Gasteiger charge is 2.60. The van der Waals surface area contributed by atoms with Crippen molar-refractivity contribution in [1.82, 2.24) is 0 Å². The third-order valence-corrected chi connectivity index (χ3v) is 8.38. The number of hydrogen-bond donors (Lipinski definition) is 2. The van der Waals surface area contributed by atoms with Gasteiger partial charge in [-0.05, 0) is 25.3 Å². The van der Waals surface area contributed by atoms with Gasteiger partial charge in [-0.25, -0.2) is 0 Å². The number of hydrogen-bond acceptors (Lipinski definition) is 7. The second kappa shape index (κ2) is 9.10. The SMILES string of the molecule is COc1cc2c(c3c1CC[C@H](c1ccccc1)O3)[C@H]1c3c(cc(O)c(C)c3OC)O[C@@](c3ccccc3)(O2)[C@H]1O. The first-order valence-corrected chi connectivity index (χ1v) is 13.4. The molecule has 3 aliphatic heterocycles. The van der Waals surface area contributed by atoms with Crippen LogP contribution in [0.1, 0.15) is 51.8 Å². The van der Waals surface area contributed by atoms with Crippen molar-refractivity contribution in [3.63, 3.8) is 0 Å². The Morgan fingerprint density at radius 3 is 2.23 bits per heavy atom. The van der Waals surface area contributed by atoms with Crippen molar-refractivity contribution in [2.75, 3.05) is 14.2 Å². The highest BCUT2D eigenvalue weighted by Crippen LogP contribution is 2.62. The average Bonchev–Trinajstić information content (AvgIpc) is 2.99. The van der Waals surface area contributed by atoms with Crippen LogP contribution in [0.3, 0.4) is 0 Å². The predicted molar refractivity (Wildman–Crippen MR) is 148 cm³/mol. The highest BCUT2D eigenvalue weighted by atomic mass is 16.7. The summed E-state index contributed by atoms with van der Waals surface area (Å²) >= 11 is 0. The number of rotatable bonds is 4. The van der Waals surface area contributed by atoms with Crippen molar-refractivity contribution < 1.29 is 33.9 Å². The normalized spacial score (nSPS) is 23.9. The fourth-order valence-electron chi connectivity index (χ4n) is 6.47. The van der Waals surface area contributed by atoms with E-state index in [1.165, 1.54) is 0 Å². The zero-order chi connectivity index (χ0) is 27.6. The topological polar surface area (TPSA) is 86.6 Å². The lowest BCUT2D eigenvalue weighted by atomic mass is 9.74. The smallest absolute Gasteiger partial charge is 0.305 e. The number of ether oxygens (including phenoxy) is 5. The number of phenolic OH excluding ortho intramolecular Hbond substituents is 1. The molecule has 3 aliphatic rings. The molecule has 4 aromatic rings. The Morgan fingerprint density at radius 2 is 1.55 bits per heavy atom. The third kappa shape index (κ3) is 3.40. The number of benzene rings is 4. The molecule has 4 aromatic carbocycles. The van der Waals surface area contributed by atoms with E-state index in [4.69, 9.17) is 23.7 Å². The van der Waals surface area contributed by atoms with E-state index in [2.05, 4.69) is 12.1 Å². The molecule has 0 radical (unpaired) electrons. The molecule has 204 valence electrons. The molecule has 2 N–H and O–H groups in total. The maximum Gasteiger partial charge on any atom is 0.305 e. The fraction of sp³-hybridized carbons (Fsp3) is 0.273. The quantitative estimate of drug-likeness (QED) is 0.334. The minimum absolute atomic E-state index is 0.0330. The van der Waals surface area contributed by atoms with E-state index in [1.807, 2.05) is 54.6 Å². The Hall–Kier alpha value is -4.36. The second-order valence-corrected chi connectivity index (χ2v) is 10.5. The summed E-state index contributed by atoms with van der Waals surface area (Å²) < 4.78 is 31.7. The van der Waals surface area contributed by atoms with E-state index in [-0.39, 0.29) is 11.9 Å². The van der Waals surface area contributed by atoms with Crippen LogP contribution in [-0.4, -0.2) is 30.5 Å². The van der Waals surface area contributed by atoms with Gasteiger partial charge < -0.3 is 33.9 Å². The first kappa shape index (κ1) is 24.7. The van der Waals surface area contributed by atoms with Crippen molar-refractivity contribution >= 4 is 0 Å². The van der Waals surface area contributed by atoms with Crippen LogP contribution in [0.25, 0.3) is 0 Å². The van der Waals surface area contributed by atoms with Gasteiger partial charge in [0, 0.05) is 39.9 Å². The highest BCUT2D eigenvalue weighted by molar-refractivity contribution is 5.69. The van der Waals surface area contributed by atoms with Crippen LogP contribution in [0.4, 0.5) is 0 Å². The monoisotopic (exact) mass is 538 g/mol. The van der Waals surface area contributed by atoms with Crippen LogP contribution >= 0.6 is 0 Å². The van der Waals surface area contributed by atoms with E-state index in [0.717, 1.165) is 24.0 Å². The lowest BCUT2D eigenvalue weighted by Crippen LogP contribution is -2.57. The zero-order valence-electron chi connectivity index (χ0n) is 22.5. The molecule has 40 heavy (non-hydrogen) atoms. The summed E-state index contributed by atoms with van der Waals surface area (Å²) in [7, 11) is 3.19. The lowest BCUT2D eigenvalue weighted by molar-refractivity contribution is -0.218. The molecule has 0 fully saturated rings. The molecule has 0 aromatic heterocycles. The molecule has 0 unspecified atom stereocenters. The first-order chi connectivity index (χ1) is 19.5. The van der Waals surface area contributed by atoms with E-state index < -0.39 is 17.8 Å². The molecule has 2 bridgehead atoms. The molecule has 0 aliphatic carbocycles. The standard InChI is InChI=1S/C33H30O7/c1-18-22(34)16-25-27(30(18)37-3)29-28-26(40-33(39-25,32(29)35)20-12-8-5-9-13-20)17-24(36-2)21-14-15-23(38-31(21)28)19-10-6-4-7-11-19/h4-13,16-17,23,29,32,34-35H,14-15H2,1-3H3/t23-,29-,32+,33+/m1/s1. The summed E-state index contributed by atoms with van der Waals surface area (Å²) in [4.78, 5) is 0. The Morgan fingerprint density at radius 1 is 0.875 bits per heavy atom. The minimum Gasteiger partial charge on any atom is -0.507 e. The molecular formula is C33H30O7. The summed E-state index contributed by atoms with van der Waals surface area (Å²) in [5, 5.41) is 23.0. The largest absolute Gasteiger partial charge is 0.507 e. The van der Waals surface area contributed by atoms with E-state index >= 15 is 0 Å². The average molecular weight is 539 g/mol. The molecule has 7 rings (SSSR count). The minimum atomic E-state index is -1.58. The van der Waals surface area contributed by atoms with E-state index in [1.54, 1.807) is 27.2 Å². The van der Waals surface area contributed by atoms with Gasteiger partial charge in [-0.3, -0.25) is 0 Å². The van der Waals surface area contributed by atoms with Crippen LogP contribution in [-0.2, 0) is 12.2 Å². The molecule has 0 saturated heterocycles. The summed E-state index contributed by atoms with van der Waals surface area (Å²) in [6.07, 6.45) is 0.175. The number of aliphatic hydroxyl groups is 1. The zero-order valence-corrected chi connectivity index (χ0v) is 22.5. The van der Waals surface area contributed by atoms with Crippen molar-refractivity contribution in [3.8, 4) is 34.5 Å². The van der Waals surface area contributed by atoms with Gasteiger partial charge in [0.25, 0.3) is 0 Å². The summed E-state index contributed by atoms with van der Waals surface area (Å²) in [5.74, 6) is 0.445. The van der Waals surface area contributed by atoms with Gasteiger partial charge in [0.2, 0.25) is 0 Å². The Kier molecular flexibility index (Phi) is 5.61. The number of aromatic hydroxyl groups is 1. The molecule has 0 amide bonds.